The fourth-order valence-electron chi connectivity index (χ4n) is 4.16. The molecule has 5 rings (SSSR count). The van der Waals surface area contributed by atoms with Gasteiger partial charge in [-0.1, -0.05) is 37.3 Å². The van der Waals surface area contributed by atoms with Crippen LogP contribution in [0.15, 0.2) is 78.2 Å². The molecule has 0 saturated heterocycles. The van der Waals surface area contributed by atoms with Gasteiger partial charge in [-0.3, -0.25) is 0 Å². The Balaban J connectivity index is 1.40. The summed E-state index contributed by atoms with van der Waals surface area (Å²) in [6.07, 6.45) is -0.0299. The van der Waals surface area contributed by atoms with Gasteiger partial charge in [0.1, 0.15) is 35.5 Å². The monoisotopic (exact) mass is 484 g/mol. The zero-order valence-electron chi connectivity index (χ0n) is 19.6. The number of rotatable bonds is 6. The number of allylic oxidation sites excluding steroid dienone is 1. The van der Waals surface area contributed by atoms with E-state index in [-0.39, 0.29) is 18.2 Å². The lowest BCUT2D eigenvalue weighted by atomic mass is 9.83. The zero-order valence-corrected chi connectivity index (χ0v) is 19.6. The van der Waals surface area contributed by atoms with Gasteiger partial charge in [0.25, 0.3) is 0 Å². The Hall–Kier alpha value is -4.64. The van der Waals surface area contributed by atoms with E-state index in [4.69, 9.17) is 29.4 Å². The summed E-state index contributed by atoms with van der Waals surface area (Å²) in [5.74, 6) is 1.36. The summed E-state index contributed by atoms with van der Waals surface area (Å²) in [6.45, 7) is 2.66. The summed E-state index contributed by atoms with van der Waals surface area (Å²) < 4.78 is 28.4. The van der Waals surface area contributed by atoms with E-state index in [1.54, 1.807) is 36.4 Å². The molecule has 0 amide bonds. The summed E-state index contributed by atoms with van der Waals surface area (Å²) >= 11 is 0. The van der Waals surface area contributed by atoms with E-state index in [9.17, 15) is 10.1 Å². The molecule has 8 nitrogen and oxygen atoms in total. The number of fused-ring (bicyclic) bond motifs is 2. The van der Waals surface area contributed by atoms with Gasteiger partial charge in [0.05, 0.1) is 12.5 Å². The molecule has 2 heterocycles. The van der Waals surface area contributed by atoms with Gasteiger partial charge in [0.2, 0.25) is 12.0 Å². The molecule has 0 fully saturated rings. The summed E-state index contributed by atoms with van der Waals surface area (Å²) in [7, 11) is 0. The minimum absolute atomic E-state index is 0.000947. The van der Waals surface area contributed by atoms with Crippen molar-refractivity contribution >= 4 is 5.97 Å². The lowest BCUT2D eigenvalue weighted by Gasteiger charge is -2.27. The molecule has 2 unspecified atom stereocenters. The third-order valence-electron chi connectivity index (χ3n) is 5.84. The highest BCUT2D eigenvalue weighted by molar-refractivity contribution is 5.78. The minimum Gasteiger partial charge on any atom is -0.494 e. The van der Waals surface area contributed by atoms with Crippen LogP contribution in [0.25, 0.3) is 0 Å². The average molecular weight is 485 g/mol. The molecular weight excluding hydrogens is 460 g/mol. The van der Waals surface area contributed by atoms with Crippen molar-refractivity contribution in [1.29, 1.82) is 5.26 Å². The zero-order chi connectivity index (χ0) is 25.1. The first-order chi connectivity index (χ1) is 17.6. The lowest BCUT2D eigenvalue weighted by molar-refractivity contribution is -0.144. The first-order valence-electron chi connectivity index (χ1n) is 11.6. The van der Waals surface area contributed by atoms with Crippen molar-refractivity contribution in [1.82, 2.24) is 0 Å². The molecule has 2 aliphatic heterocycles. The van der Waals surface area contributed by atoms with E-state index in [2.05, 4.69) is 6.07 Å². The highest BCUT2D eigenvalue weighted by atomic mass is 16.6. The number of esters is 1. The number of ether oxygens (including phenoxy) is 5. The Morgan fingerprint density at radius 1 is 1.06 bits per heavy atom. The van der Waals surface area contributed by atoms with Crippen molar-refractivity contribution in [3.05, 3.63) is 89.3 Å². The smallest absolute Gasteiger partial charge is 0.356 e. The highest BCUT2D eigenvalue weighted by Gasteiger charge is 2.33. The maximum Gasteiger partial charge on any atom is 0.356 e. The van der Waals surface area contributed by atoms with Crippen molar-refractivity contribution in [3.8, 4) is 34.8 Å². The highest BCUT2D eigenvalue weighted by Crippen LogP contribution is 2.44. The summed E-state index contributed by atoms with van der Waals surface area (Å²) in [4.78, 5) is 12.8. The number of nitrogens with zero attached hydrogens (tertiary/aromatic N) is 1. The molecule has 3 aromatic carbocycles. The number of para-hydroxylation sites is 2. The van der Waals surface area contributed by atoms with Crippen LogP contribution in [0.3, 0.4) is 0 Å². The van der Waals surface area contributed by atoms with Crippen LogP contribution in [-0.2, 0) is 4.79 Å². The average Bonchev–Trinajstić information content (AvgIpc) is 2.90. The Labute approximate surface area is 208 Å². The molecule has 0 bridgehead atoms. The molecule has 0 saturated carbocycles. The predicted octanol–water partition coefficient (Wildman–Crippen LogP) is 4.44. The summed E-state index contributed by atoms with van der Waals surface area (Å²) in [5, 5.41) is 9.82. The normalized spacial score (nSPS) is 17.9. The Kier molecular flexibility index (Phi) is 6.37. The lowest BCUT2D eigenvalue weighted by Crippen LogP contribution is -2.39. The van der Waals surface area contributed by atoms with Gasteiger partial charge in [0.15, 0.2) is 11.5 Å². The quantitative estimate of drug-likeness (QED) is 0.404. The van der Waals surface area contributed by atoms with Crippen molar-refractivity contribution in [2.24, 2.45) is 5.73 Å². The second-order valence-corrected chi connectivity index (χ2v) is 8.33. The van der Waals surface area contributed by atoms with Gasteiger partial charge in [-0.15, -0.1) is 0 Å². The third-order valence-corrected chi connectivity index (χ3v) is 5.84. The number of hydrogen-bond acceptors (Lipinski definition) is 8. The molecular formula is C28H24N2O6. The molecule has 2 aliphatic rings. The van der Waals surface area contributed by atoms with Gasteiger partial charge in [0, 0.05) is 11.6 Å². The molecule has 2 N–H and O–H groups in total. The van der Waals surface area contributed by atoms with Gasteiger partial charge in [-0.25, -0.2) is 4.79 Å². The molecule has 8 heteroatoms. The van der Waals surface area contributed by atoms with Crippen LogP contribution in [0.4, 0.5) is 0 Å². The number of carbonyl (C=O) groups is 1. The number of carbonyl (C=O) groups excluding carboxylic acids is 1. The first kappa shape index (κ1) is 23.1. The largest absolute Gasteiger partial charge is 0.494 e. The second kappa shape index (κ2) is 9.92. The van der Waals surface area contributed by atoms with Crippen molar-refractivity contribution in [3.63, 3.8) is 0 Å². The van der Waals surface area contributed by atoms with Crippen molar-refractivity contribution < 1.29 is 28.5 Å². The van der Waals surface area contributed by atoms with E-state index < -0.39 is 18.0 Å². The minimum atomic E-state index is -0.911. The molecule has 3 aromatic rings. The van der Waals surface area contributed by atoms with Gasteiger partial charge < -0.3 is 29.4 Å². The Morgan fingerprint density at radius 3 is 2.69 bits per heavy atom. The van der Waals surface area contributed by atoms with Crippen LogP contribution >= 0.6 is 0 Å². The number of hydrogen-bond donors (Lipinski definition) is 1. The number of nitrogens with two attached hydrogens (primary N) is 1. The van der Waals surface area contributed by atoms with E-state index in [0.717, 1.165) is 17.5 Å². The van der Waals surface area contributed by atoms with Crippen molar-refractivity contribution in [2.45, 2.75) is 25.4 Å². The van der Waals surface area contributed by atoms with Gasteiger partial charge in [-0.05, 0) is 42.3 Å². The molecule has 36 heavy (non-hydrogen) atoms. The maximum absolute atomic E-state index is 12.8. The maximum atomic E-state index is 12.8. The van der Waals surface area contributed by atoms with E-state index >= 15 is 0 Å². The van der Waals surface area contributed by atoms with Gasteiger partial charge >= 0.3 is 5.97 Å². The fourth-order valence-corrected chi connectivity index (χ4v) is 4.16. The Morgan fingerprint density at radius 2 is 1.89 bits per heavy atom. The molecule has 0 aliphatic carbocycles. The van der Waals surface area contributed by atoms with E-state index in [1.807, 2.05) is 37.3 Å². The standard InChI is InChI=1S/C28H24N2O6/c1-2-12-32-18-7-5-6-17(13-18)26-20-11-10-19(14-24(20)36-27(30)21(26)15-29)34-28(31)25-16-33-22-8-3-4-9-23(22)35-25/h3-11,13-14,25-26H,2,12,16,30H2,1H3. The summed E-state index contributed by atoms with van der Waals surface area (Å²) in [6, 6.07) is 21.8. The summed E-state index contributed by atoms with van der Waals surface area (Å²) in [5.41, 5.74) is 7.98. The van der Waals surface area contributed by atoms with Crippen LogP contribution in [-0.4, -0.2) is 25.3 Å². The topological polar surface area (TPSA) is 113 Å². The Bertz CT molecular complexity index is 1380. The van der Waals surface area contributed by atoms with Crippen molar-refractivity contribution in [2.75, 3.05) is 13.2 Å². The van der Waals surface area contributed by atoms with Gasteiger partial charge in [-0.2, -0.15) is 5.26 Å². The van der Waals surface area contributed by atoms with Crippen LogP contribution in [0.2, 0.25) is 0 Å². The van der Waals surface area contributed by atoms with Crippen LogP contribution in [0.1, 0.15) is 30.4 Å². The fraction of sp³-hybridized carbons (Fsp3) is 0.214. The molecule has 2 atom stereocenters. The molecule has 0 aromatic heterocycles. The van der Waals surface area contributed by atoms with Crippen LogP contribution in [0.5, 0.6) is 28.7 Å². The predicted molar refractivity (Wildman–Crippen MR) is 130 cm³/mol. The molecule has 0 radical (unpaired) electrons. The van der Waals surface area contributed by atoms with Crippen LogP contribution < -0.4 is 29.4 Å². The van der Waals surface area contributed by atoms with E-state index in [0.29, 0.717) is 35.2 Å². The molecule has 0 spiro atoms. The second-order valence-electron chi connectivity index (χ2n) is 8.33. The van der Waals surface area contributed by atoms with Crippen LogP contribution in [0, 0.1) is 11.3 Å². The van der Waals surface area contributed by atoms with E-state index in [1.165, 1.54) is 0 Å². The number of benzene rings is 3. The number of nitriles is 1. The first-order valence-corrected chi connectivity index (χ1v) is 11.6. The molecule has 182 valence electrons. The third kappa shape index (κ3) is 4.51. The SMILES string of the molecule is CCCOc1cccc(C2C(C#N)=C(N)Oc3cc(OC(=O)C4COc5ccccc5O4)ccc32)c1.